The number of nitro groups is 1. The molecule has 144 valence electrons. The summed E-state index contributed by atoms with van der Waals surface area (Å²) in [6.07, 6.45) is 0. The molecule has 0 aliphatic carbocycles. The number of benzene rings is 3. The Bertz CT molecular complexity index is 1210. The first kappa shape index (κ1) is 18.2. The fraction of sp³-hybridized carbons (Fsp3) is 0.0476. The number of nitrogens with one attached hydrogen (secondary N) is 1. The summed E-state index contributed by atoms with van der Waals surface area (Å²) < 4.78 is 5.17. The van der Waals surface area contributed by atoms with Crippen molar-refractivity contribution in [3.8, 4) is 22.8 Å². The minimum atomic E-state index is -0.504. The molecule has 0 saturated heterocycles. The Morgan fingerprint density at radius 1 is 1.03 bits per heavy atom. The van der Waals surface area contributed by atoms with Crippen LogP contribution in [0.5, 0.6) is 11.5 Å². The first-order chi connectivity index (χ1) is 14.0. The molecule has 8 nitrogen and oxygen atoms in total. The van der Waals surface area contributed by atoms with E-state index in [2.05, 4.69) is 15.2 Å². The molecule has 0 unspecified atom stereocenters. The van der Waals surface area contributed by atoms with Gasteiger partial charge >= 0.3 is 0 Å². The van der Waals surface area contributed by atoms with Gasteiger partial charge < -0.3 is 14.8 Å². The standard InChI is InChI=1S/C21H16N4O4/c1-29-21-12-15(25(27)28)7-8-18(21)24-23-14-6-9-20(26)16(11-14)19-10-13-4-2-3-5-17(13)22-19/h2-12,22,26H,1H3. The number of hydrogen-bond donors (Lipinski definition) is 2. The molecule has 4 aromatic rings. The summed E-state index contributed by atoms with van der Waals surface area (Å²) >= 11 is 0. The molecule has 0 aliphatic heterocycles. The van der Waals surface area contributed by atoms with Gasteiger partial charge in [-0.05, 0) is 36.4 Å². The summed E-state index contributed by atoms with van der Waals surface area (Å²) in [5, 5.41) is 30.5. The molecule has 0 radical (unpaired) electrons. The molecular formula is C21H16N4O4. The number of H-pyrrole nitrogens is 1. The predicted octanol–water partition coefficient (Wildman–Crippen LogP) is 5.87. The van der Waals surface area contributed by atoms with Crippen LogP contribution in [-0.4, -0.2) is 22.1 Å². The summed E-state index contributed by atoms with van der Waals surface area (Å²) in [6.45, 7) is 0. The van der Waals surface area contributed by atoms with Crippen LogP contribution in [0.1, 0.15) is 0 Å². The molecule has 1 aromatic heterocycles. The molecule has 2 N–H and O–H groups in total. The Morgan fingerprint density at radius 3 is 2.62 bits per heavy atom. The largest absolute Gasteiger partial charge is 0.507 e. The van der Waals surface area contributed by atoms with Crippen molar-refractivity contribution in [1.82, 2.24) is 4.98 Å². The highest BCUT2D eigenvalue weighted by Gasteiger charge is 2.12. The lowest BCUT2D eigenvalue weighted by atomic mass is 10.1. The van der Waals surface area contributed by atoms with Crippen molar-refractivity contribution in [3.05, 3.63) is 76.8 Å². The average Bonchev–Trinajstić information content (AvgIpc) is 3.17. The van der Waals surface area contributed by atoms with Gasteiger partial charge in [0.2, 0.25) is 0 Å². The summed E-state index contributed by atoms with van der Waals surface area (Å²) in [4.78, 5) is 13.7. The number of methoxy groups -OCH3 is 1. The number of nitro benzene ring substituents is 1. The number of aromatic amines is 1. The van der Waals surface area contributed by atoms with Crippen LogP contribution < -0.4 is 4.74 Å². The van der Waals surface area contributed by atoms with Gasteiger partial charge in [0.25, 0.3) is 5.69 Å². The second-order valence-corrected chi connectivity index (χ2v) is 6.28. The minimum Gasteiger partial charge on any atom is -0.507 e. The number of para-hydroxylation sites is 1. The number of ether oxygens (including phenoxy) is 1. The summed E-state index contributed by atoms with van der Waals surface area (Å²) in [7, 11) is 1.41. The third-order valence-corrected chi connectivity index (χ3v) is 4.45. The number of aromatic hydroxyl groups is 1. The minimum absolute atomic E-state index is 0.0912. The van der Waals surface area contributed by atoms with Crippen LogP contribution in [0.2, 0.25) is 0 Å². The maximum atomic E-state index is 10.9. The number of non-ortho nitro benzene ring substituents is 1. The van der Waals surface area contributed by atoms with Crippen molar-refractivity contribution in [1.29, 1.82) is 0 Å². The molecule has 0 bridgehead atoms. The number of fused-ring (bicyclic) bond motifs is 1. The first-order valence-corrected chi connectivity index (χ1v) is 8.70. The van der Waals surface area contributed by atoms with Crippen molar-refractivity contribution in [3.63, 3.8) is 0 Å². The van der Waals surface area contributed by atoms with Crippen molar-refractivity contribution in [2.45, 2.75) is 0 Å². The van der Waals surface area contributed by atoms with Crippen LogP contribution in [0.3, 0.4) is 0 Å². The van der Waals surface area contributed by atoms with E-state index in [9.17, 15) is 15.2 Å². The van der Waals surface area contributed by atoms with Crippen molar-refractivity contribution >= 4 is 28.0 Å². The Labute approximate surface area is 165 Å². The molecular weight excluding hydrogens is 372 g/mol. The Balaban J connectivity index is 1.68. The van der Waals surface area contributed by atoms with Crippen molar-refractivity contribution in [2.24, 2.45) is 10.2 Å². The predicted molar refractivity (Wildman–Crippen MR) is 109 cm³/mol. The zero-order chi connectivity index (χ0) is 20.4. The van der Waals surface area contributed by atoms with Gasteiger partial charge in [0.1, 0.15) is 11.4 Å². The van der Waals surface area contributed by atoms with Gasteiger partial charge in [-0.3, -0.25) is 10.1 Å². The summed E-state index contributed by atoms with van der Waals surface area (Å²) in [5.41, 5.74) is 3.09. The third-order valence-electron chi connectivity index (χ3n) is 4.45. The average molecular weight is 388 g/mol. The van der Waals surface area contributed by atoms with Crippen LogP contribution in [-0.2, 0) is 0 Å². The first-order valence-electron chi connectivity index (χ1n) is 8.70. The van der Waals surface area contributed by atoms with Crippen molar-refractivity contribution < 1.29 is 14.8 Å². The number of aromatic nitrogens is 1. The molecule has 4 rings (SSSR count). The highest BCUT2D eigenvalue weighted by Crippen LogP contribution is 2.36. The van der Waals surface area contributed by atoms with E-state index in [1.165, 1.54) is 25.3 Å². The SMILES string of the molecule is COc1cc([N+](=O)[O-])ccc1N=Nc1ccc(O)c(-c2cc3ccccc3[nH]2)c1. The molecule has 0 saturated carbocycles. The fourth-order valence-electron chi connectivity index (χ4n) is 2.99. The quantitative estimate of drug-likeness (QED) is 0.253. The van der Waals surface area contributed by atoms with E-state index in [0.717, 1.165) is 16.6 Å². The van der Waals surface area contributed by atoms with Gasteiger partial charge in [0.15, 0.2) is 5.75 Å². The zero-order valence-electron chi connectivity index (χ0n) is 15.4. The van der Waals surface area contributed by atoms with Gasteiger partial charge in [0.05, 0.1) is 29.5 Å². The Kier molecular flexibility index (Phi) is 4.66. The number of nitrogens with zero attached hydrogens (tertiary/aromatic N) is 3. The van der Waals surface area contributed by atoms with Gasteiger partial charge in [0, 0.05) is 22.5 Å². The maximum absolute atomic E-state index is 10.9. The number of phenolic OH excluding ortho intramolecular Hbond substituents is 1. The second-order valence-electron chi connectivity index (χ2n) is 6.28. The van der Waals surface area contributed by atoms with Gasteiger partial charge in [-0.25, -0.2) is 0 Å². The molecule has 0 aliphatic rings. The van der Waals surface area contributed by atoms with Gasteiger partial charge in [-0.15, -0.1) is 5.11 Å². The van der Waals surface area contributed by atoms with Crippen LogP contribution in [0.4, 0.5) is 17.1 Å². The van der Waals surface area contributed by atoms with E-state index in [-0.39, 0.29) is 17.2 Å². The molecule has 0 spiro atoms. The van der Waals surface area contributed by atoms with E-state index in [1.54, 1.807) is 18.2 Å². The second kappa shape index (κ2) is 7.43. The maximum Gasteiger partial charge on any atom is 0.273 e. The molecule has 0 amide bonds. The van der Waals surface area contributed by atoms with E-state index in [4.69, 9.17) is 4.74 Å². The number of azo groups is 1. The van der Waals surface area contributed by atoms with Gasteiger partial charge in [-0.1, -0.05) is 18.2 Å². The molecule has 0 fully saturated rings. The van der Waals surface area contributed by atoms with Crippen molar-refractivity contribution in [2.75, 3.05) is 7.11 Å². The Morgan fingerprint density at radius 2 is 1.86 bits per heavy atom. The summed E-state index contributed by atoms with van der Waals surface area (Å²) in [6, 6.07) is 18.8. The van der Waals surface area contributed by atoms with Crippen LogP contribution in [0.15, 0.2) is 77.0 Å². The number of hydrogen-bond acceptors (Lipinski definition) is 6. The lowest BCUT2D eigenvalue weighted by Crippen LogP contribution is -1.89. The molecule has 8 heteroatoms. The number of rotatable bonds is 5. The molecule has 3 aromatic carbocycles. The third kappa shape index (κ3) is 3.63. The fourth-order valence-corrected chi connectivity index (χ4v) is 2.99. The van der Waals surface area contributed by atoms with Crippen LogP contribution >= 0.6 is 0 Å². The van der Waals surface area contributed by atoms with E-state index in [1.807, 2.05) is 30.3 Å². The highest BCUT2D eigenvalue weighted by atomic mass is 16.6. The monoisotopic (exact) mass is 388 g/mol. The molecule has 1 heterocycles. The van der Waals surface area contributed by atoms with Gasteiger partial charge in [-0.2, -0.15) is 5.11 Å². The zero-order valence-corrected chi connectivity index (χ0v) is 15.4. The van der Waals surface area contributed by atoms with Crippen LogP contribution in [0.25, 0.3) is 22.2 Å². The molecule has 0 atom stereocenters. The number of phenols is 1. The highest BCUT2D eigenvalue weighted by molar-refractivity contribution is 5.87. The summed E-state index contributed by atoms with van der Waals surface area (Å²) in [5.74, 6) is 0.362. The normalized spacial score (nSPS) is 11.2. The molecule has 29 heavy (non-hydrogen) atoms. The lowest BCUT2D eigenvalue weighted by molar-refractivity contribution is -0.384. The lowest BCUT2D eigenvalue weighted by Gasteiger charge is -2.04. The Hall–Kier alpha value is -4.20. The van der Waals surface area contributed by atoms with Crippen LogP contribution in [0, 0.1) is 10.1 Å². The van der Waals surface area contributed by atoms with E-state index < -0.39 is 4.92 Å². The smallest absolute Gasteiger partial charge is 0.273 e. The topological polar surface area (TPSA) is 113 Å². The van der Waals surface area contributed by atoms with E-state index in [0.29, 0.717) is 16.9 Å². The van der Waals surface area contributed by atoms with E-state index >= 15 is 0 Å².